The van der Waals surface area contributed by atoms with Crippen molar-refractivity contribution in [3.63, 3.8) is 0 Å². The Kier molecular flexibility index (Phi) is 4.16. The fourth-order valence-electron chi connectivity index (χ4n) is 1.91. The molecule has 1 heterocycles. The van der Waals surface area contributed by atoms with E-state index in [1.165, 1.54) is 0 Å². The SMILES string of the molecule is CCOC(=O)C(=O)c1ccc(OC2CN(C)C2)cc1. The van der Waals surface area contributed by atoms with Gasteiger partial charge in [-0.3, -0.25) is 9.69 Å². The van der Waals surface area contributed by atoms with Gasteiger partial charge in [-0.25, -0.2) is 4.79 Å². The summed E-state index contributed by atoms with van der Waals surface area (Å²) >= 11 is 0. The second-order valence-electron chi connectivity index (χ2n) is 4.54. The second-order valence-corrected chi connectivity index (χ2v) is 4.54. The molecule has 5 heteroatoms. The Morgan fingerprint density at radius 3 is 2.42 bits per heavy atom. The Labute approximate surface area is 112 Å². The first-order valence-electron chi connectivity index (χ1n) is 6.27. The topological polar surface area (TPSA) is 55.8 Å². The van der Waals surface area contributed by atoms with Crippen LogP contribution >= 0.6 is 0 Å². The standard InChI is InChI=1S/C14H17NO4/c1-3-18-14(17)13(16)10-4-6-11(7-5-10)19-12-8-15(2)9-12/h4-7,12H,3,8-9H2,1-2H3. The van der Waals surface area contributed by atoms with E-state index in [0.29, 0.717) is 11.3 Å². The molecule has 0 aromatic heterocycles. The molecule has 0 amide bonds. The highest BCUT2D eigenvalue weighted by Crippen LogP contribution is 2.18. The lowest BCUT2D eigenvalue weighted by atomic mass is 10.1. The summed E-state index contributed by atoms with van der Waals surface area (Å²) < 4.78 is 10.4. The van der Waals surface area contributed by atoms with Gasteiger partial charge in [0.15, 0.2) is 0 Å². The first-order valence-corrected chi connectivity index (χ1v) is 6.27. The van der Waals surface area contributed by atoms with Crippen molar-refractivity contribution in [2.24, 2.45) is 0 Å². The average molecular weight is 263 g/mol. The number of Topliss-reactive ketones (excluding diaryl/α,β-unsaturated/α-hetero) is 1. The van der Waals surface area contributed by atoms with Gasteiger partial charge in [0.25, 0.3) is 5.78 Å². The van der Waals surface area contributed by atoms with Crippen LogP contribution < -0.4 is 4.74 Å². The summed E-state index contributed by atoms with van der Waals surface area (Å²) in [6.07, 6.45) is 0.205. The molecule has 1 fully saturated rings. The Bertz CT molecular complexity index is 463. The van der Waals surface area contributed by atoms with Gasteiger partial charge in [-0.2, -0.15) is 0 Å². The van der Waals surface area contributed by atoms with Crippen LogP contribution in [0.5, 0.6) is 5.75 Å². The quantitative estimate of drug-likeness (QED) is 0.453. The molecule has 1 aromatic rings. The molecule has 1 aliphatic rings. The van der Waals surface area contributed by atoms with Gasteiger partial charge >= 0.3 is 5.97 Å². The van der Waals surface area contributed by atoms with E-state index in [1.54, 1.807) is 31.2 Å². The summed E-state index contributed by atoms with van der Waals surface area (Å²) in [7, 11) is 2.03. The van der Waals surface area contributed by atoms with Gasteiger partial charge in [-0.1, -0.05) is 0 Å². The van der Waals surface area contributed by atoms with Crippen molar-refractivity contribution in [3.8, 4) is 5.75 Å². The molecule has 1 aliphatic heterocycles. The molecular formula is C14H17NO4. The Morgan fingerprint density at radius 1 is 1.26 bits per heavy atom. The van der Waals surface area contributed by atoms with Gasteiger partial charge in [0.05, 0.1) is 6.61 Å². The first-order chi connectivity index (χ1) is 9.10. The minimum Gasteiger partial charge on any atom is -0.488 e. The summed E-state index contributed by atoms with van der Waals surface area (Å²) in [6.45, 7) is 3.67. The van der Waals surface area contributed by atoms with E-state index < -0.39 is 11.8 Å². The van der Waals surface area contributed by atoms with Crippen LogP contribution in [0.4, 0.5) is 0 Å². The van der Waals surface area contributed by atoms with E-state index in [-0.39, 0.29) is 12.7 Å². The number of rotatable bonds is 5. The first kappa shape index (κ1) is 13.5. The Morgan fingerprint density at radius 2 is 1.89 bits per heavy atom. The molecule has 0 saturated carbocycles. The zero-order valence-electron chi connectivity index (χ0n) is 11.1. The Hall–Kier alpha value is -1.88. The number of carbonyl (C=O) groups is 2. The van der Waals surface area contributed by atoms with Crippen molar-refractivity contribution in [2.75, 3.05) is 26.7 Å². The summed E-state index contributed by atoms with van der Waals surface area (Å²) in [5.74, 6) is -0.743. The number of nitrogens with zero attached hydrogens (tertiary/aromatic N) is 1. The van der Waals surface area contributed by atoms with E-state index in [4.69, 9.17) is 4.74 Å². The van der Waals surface area contributed by atoms with Crippen molar-refractivity contribution in [1.29, 1.82) is 0 Å². The zero-order chi connectivity index (χ0) is 13.8. The molecule has 0 aliphatic carbocycles. The van der Waals surface area contributed by atoms with E-state index >= 15 is 0 Å². The van der Waals surface area contributed by atoms with Crippen LogP contribution in [0, 0.1) is 0 Å². The maximum atomic E-state index is 11.7. The summed E-state index contributed by atoms with van der Waals surface area (Å²) in [5.41, 5.74) is 0.316. The third-order valence-corrected chi connectivity index (χ3v) is 2.91. The van der Waals surface area contributed by atoms with Crippen molar-refractivity contribution in [2.45, 2.75) is 13.0 Å². The minimum absolute atomic E-state index is 0.195. The molecule has 0 atom stereocenters. The number of carbonyl (C=O) groups excluding carboxylic acids is 2. The predicted octanol–water partition coefficient (Wildman–Crippen LogP) is 1.13. The molecule has 0 bridgehead atoms. The smallest absolute Gasteiger partial charge is 0.379 e. The van der Waals surface area contributed by atoms with Gasteiger partial charge in [0.2, 0.25) is 0 Å². The van der Waals surface area contributed by atoms with Gasteiger partial charge in [0.1, 0.15) is 11.9 Å². The second kappa shape index (κ2) is 5.84. The van der Waals surface area contributed by atoms with Crippen LogP contribution in [0.15, 0.2) is 24.3 Å². The number of likely N-dealkylation sites (tertiary alicyclic amines) is 1. The largest absolute Gasteiger partial charge is 0.488 e. The molecule has 5 nitrogen and oxygen atoms in total. The maximum absolute atomic E-state index is 11.7. The van der Waals surface area contributed by atoms with Gasteiger partial charge in [-0.05, 0) is 38.2 Å². The average Bonchev–Trinajstić information content (AvgIpc) is 2.37. The monoisotopic (exact) mass is 263 g/mol. The molecule has 19 heavy (non-hydrogen) atoms. The van der Waals surface area contributed by atoms with Gasteiger partial charge in [0, 0.05) is 18.7 Å². The normalized spacial score (nSPS) is 15.7. The highest BCUT2D eigenvalue weighted by atomic mass is 16.5. The number of benzene rings is 1. The summed E-state index contributed by atoms with van der Waals surface area (Å²) in [5, 5.41) is 0. The van der Waals surface area contributed by atoms with E-state index in [9.17, 15) is 9.59 Å². The van der Waals surface area contributed by atoms with Crippen LogP contribution in [-0.4, -0.2) is 49.5 Å². The third kappa shape index (κ3) is 3.32. The van der Waals surface area contributed by atoms with Gasteiger partial charge in [-0.15, -0.1) is 0 Å². The van der Waals surface area contributed by atoms with Crippen LogP contribution in [-0.2, 0) is 9.53 Å². The third-order valence-electron chi connectivity index (χ3n) is 2.91. The zero-order valence-corrected chi connectivity index (χ0v) is 11.1. The fraction of sp³-hybridized carbons (Fsp3) is 0.429. The number of hydrogen-bond donors (Lipinski definition) is 0. The fourth-order valence-corrected chi connectivity index (χ4v) is 1.91. The number of ketones is 1. The number of esters is 1. The van der Waals surface area contributed by atoms with Crippen molar-refractivity contribution >= 4 is 11.8 Å². The molecule has 0 radical (unpaired) electrons. The van der Waals surface area contributed by atoms with E-state index in [2.05, 4.69) is 9.64 Å². The van der Waals surface area contributed by atoms with Gasteiger partial charge < -0.3 is 9.47 Å². The van der Waals surface area contributed by atoms with E-state index in [0.717, 1.165) is 13.1 Å². The molecule has 1 saturated heterocycles. The molecule has 102 valence electrons. The lowest BCUT2D eigenvalue weighted by Gasteiger charge is -2.35. The molecule has 0 spiro atoms. The van der Waals surface area contributed by atoms with Crippen molar-refractivity contribution < 1.29 is 19.1 Å². The van der Waals surface area contributed by atoms with Crippen LogP contribution in [0.2, 0.25) is 0 Å². The summed E-state index contributed by atoms with van der Waals surface area (Å²) in [6, 6.07) is 6.56. The molecule has 1 aromatic carbocycles. The summed E-state index contributed by atoms with van der Waals surface area (Å²) in [4.78, 5) is 25.1. The number of ether oxygens (including phenoxy) is 2. The molecular weight excluding hydrogens is 246 g/mol. The molecule has 0 N–H and O–H groups in total. The van der Waals surface area contributed by atoms with Crippen LogP contribution in [0.3, 0.4) is 0 Å². The van der Waals surface area contributed by atoms with Crippen LogP contribution in [0.25, 0.3) is 0 Å². The molecule has 0 unspecified atom stereocenters. The van der Waals surface area contributed by atoms with Crippen molar-refractivity contribution in [1.82, 2.24) is 4.90 Å². The predicted molar refractivity (Wildman–Crippen MR) is 69.3 cm³/mol. The molecule has 2 rings (SSSR count). The highest BCUT2D eigenvalue weighted by Gasteiger charge is 2.25. The lowest BCUT2D eigenvalue weighted by molar-refractivity contribution is -0.137. The minimum atomic E-state index is -0.822. The van der Waals surface area contributed by atoms with E-state index in [1.807, 2.05) is 7.05 Å². The number of hydrogen-bond acceptors (Lipinski definition) is 5. The highest BCUT2D eigenvalue weighted by molar-refractivity contribution is 6.40. The number of likely N-dealkylation sites (N-methyl/N-ethyl adjacent to an activating group) is 1. The Balaban J connectivity index is 1.94. The lowest BCUT2D eigenvalue weighted by Crippen LogP contribution is -2.51. The van der Waals surface area contributed by atoms with Crippen molar-refractivity contribution in [3.05, 3.63) is 29.8 Å². The van der Waals surface area contributed by atoms with Crippen LogP contribution in [0.1, 0.15) is 17.3 Å². The maximum Gasteiger partial charge on any atom is 0.379 e.